The van der Waals surface area contributed by atoms with E-state index in [9.17, 15) is 13.2 Å². The van der Waals surface area contributed by atoms with E-state index in [0.29, 0.717) is 19.6 Å². The van der Waals surface area contributed by atoms with Gasteiger partial charge in [0.25, 0.3) is 0 Å². The highest BCUT2D eigenvalue weighted by atomic mass is 35.5. The van der Waals surface area contributed by atoms with E-state index in [2.05, 4.69) is 12.2 Å². The van der Waals surface area contributed by atoms with Crippen LogP contribution in [0, 0.1) is 22.7 Å². The predicted molar refractivity (Wildman–Crippen MR) is 86.7 cm³/mol. The highest BCUT2D eigenvalue weighted by Crippen LogP contribution is 2.59. The molecule has 6 atom stereocenters. The molecule has 1 N–H and O–H groups in total. The summed E-state index contributed by atoms with van der Waals surface area (Å²) in [6.45, 7) is 5.20. The predicted octanol–water partition coefficient (Wildman–Crippen LogP) is 4.14. The van der Waals surface area contributed by atoms with Gasteiger partial charge in [-0.3, -0.25) is 0 Å². The number of nitrogens with one attached hydrogen (secondary N) is 1. The molecule has 0 aromatic carbocycles. The van der Waals surface area contributed by atoms with Gasteiger partial charge in [-0.2, -0.15) is 13.2 Å². The Kier molecular flexibility index (Phi) is 5.70. The van der Waals surface area contributed by atoms with Gasteiger partial charge in [0, 0.05) is 12.5 Å². The molecule has 7 heteroatoms. The smallest absolute Gasteiger partial charge is 0.384 e. The van der Waals surface area contributed by atoms with Crippen LogP contribution in [0.3, 0.4) is 0 Å². The maximum absolute atomic E-state index is 13.3. The second-order valence-corrected chi connectivity index (χ2v) is 8.17. The lowest BCUT2D eigenvalue weighted by Gasteiger charge is -2.58. The van der Waals surface area contributed by atoms with Crippen LogP contribution in [0.15, 0.2) is 0 Å². The number of piperidine rings is 1. The number of rotatable bonds is 3. The van der Waals surface area contributed by atoms with E-state index in [1.807, 2.05) is 6.92 Å². The molecule has 0 aromatic rings. The van der Waals surface area contributed by atoms with Gasteiger partial charge in [0.15, 0.2) is 0 Å². The number of methoxy groups -OCH3 is 1. The SMILES string of the molecule is [B]C1CC(C(F)(F)F)CC(C2(C)CCNC(Cl)C2(C)COC)C1. The number of hydrogen-bond acceptors (Lipinski definition) is 2. The van der Waals surface area contributed by atoms with Crippen molar-refractivity contribution in [2.75, 3.05) is 20.3 Å². The number of halogens is 4. The fraction of sp³-hybridized carbons (Fsp3) is 1.00. The van der Waals surface area contributed by atoms with E-state index in [1.165, 1.54) is 0 Å². The maximum atomic E-state index is 13.3. The van der Waals surface area contributed by atoms with Gasteiger partial charge in [-0.25, -0.2) is 0 Å². The van der Waals surface area contributed by atoms with E-state index in [-0.39, 0.29) is 29.7 Å². The standard InChI is InChI=1S/C16H26BClF3NO/c1-14(4-5-22-13(18)15(14,2)9-23-3)10-6-11(16(19,20)21)8-12(17)7-10/h10-13,22H,4-9H2,1-3H3. The van der Waals surface area contributed by atoms with Crippen molar-refractivity contribution in [2.24, 2.45) is 22.7 Å². The quantitative estimate of drug-likeness (QED) is 0.469. The van der Waals surface area contributed by atoms with Gasteiger partial charge in [-0.15, -0.1) is 11.6 Å². The number of ether oxygens (including phenoxy) is 1. The zero-order chi connectivity index (χ0) is 17.5. The average Bonchev–Trinajstić information content (AvgIpc) is 2.44. The van der Waals surface area contributed by atoms with E-state index < -0.39 is 23.3 Å². The Morgan fingerprint density at radius 1 is 1.26 bits per heavy atom. The zero-order valence-corrected chi connectivity index (χ0v) is 14.8. The van der Waals surface area contributed by atoms with Crippen molar-refractivity contribution in [1.29, 1.82) is 0 Å². The third-order valence-corrected chi connectivity index (χ3v) is 7.02. The van der Waals surface area contributed by atoms with Crippen molar-refractivity contribution in [3.05, 3.63) is 0 Å². The third-order valence-electron chi connectivity index (χ3n) is 6.38. The Morgan fingerprint density at radius 3 is 2.48 bits per heavy atom. The van der Waals surface area contributed by atoms with Gasteiger partial charge >= 0.3 is 6.18 Å². The highest BCUT2D eigenvalue weighted by Gasteiger charge is 2.57. The lowest BCUT2D eigenvalue weighted by Crippen LogP contribution is -2.61. The third kappa shape index (κ3) is 3.54. The molecular weight excluding hydrogens is 325 g/mol. The lowest BCUT2D eigenvalue weighted by molar-refractivity contribution is -0.196. The maximum Gasteiger partial charge on any atom is 0.391 e. The van der Waals surface area contributed by atoms with Crippen molar-refractivity contribution in [2.45, 2.75) is 57.0 Å². The first-order valence-corrected chi connectivity index (χ1v) is 8.67. The van der Waals surface area contributed by atoms with Gasteiger partial charge in [-0.05, 0) is 37.1 Å². The van der Waals surface area contributed by atoms with Crippen molar-refractivity contribution < 1.29 is 17.9 Å². The lowest BCUT2D eigenvalue weighted by atomic mass is 9.50. The molecule has 0 bridgehead atoms. The summed E-state index contributed by atoms with van der Waals surface area (Å²) in [6, 6.07) is 0. The Morgan fingerprint density at radius 2 is 1.91 bits per heavy atom. The van der Waals surface area contributed by atoms with Gasteiger partial charge in [0.2, 0.25) is 0 Å². The van der Waals surface area contributed by atoms with Gasteiger partial charge in [-0.1, -0.05) is 26.1 Å². The summed E-state index contributed by atoms with van der Waals surface area (Å²) in [5.41, 5.74) is -1.12. The molecule has 1 aliphatic heterocycles. The van der Waals surface area contributed by atoms with Gasteiger partial charge < -0.3 is 10.1 Å². The van der Waals surface area contributed by atoms with Crippen LogP contribution in [0.2, 0.25) is 5.82 Å². The van der Waals surface area contributed by atoms with E-state index in [0.717, 1.165) is 6.42 Å². The second-order valence-electron chi connectivity index (χ2n) is 7.74. The largest absolute Gasteiger partial charge is 0.391 e. The summed E-state index contributed by atoms with van der Waals surface area (Å²) in [7, 11) is 7.60. The van der Waals surface area contributed by atoms with Crippen LogP contribution in [0.5, 0.6) is 0 Å². The molecule has 1 saturated carbocycles. The fourth-order valence-electron chi connectivity index (χ4n) is 4.62. The first-order chi connectivity index (χ1) is 10.5. The van der Waals surface area contributed by atoms with E-state index in [1.54, 1.807) is 7.11 Å². The Labute approximate surface area is 143 Å². The molecule has 2 fully saturated rings. The van der Waals surface area contributed by atoms with E-state index in [4.69, 9.17) is 24.2 Å². The van der Waals surface area contributed by atoms with Crippen molar-refractivity contribution in [1.82, 2.24) is 5.32 Å². The fourth-order valence-corrected chi connectivity index (χ4v) is 5.04. The minimum absolute atomic E-state index is 0.0274. The molecule has 1 heterocycles. The van der Waals surface area contributed by atoms with Crippen LogP contribution in [0.1, 0.15) is 39.5 Å². The highest BCUT2D eigenvalue weighted by molar-refractivity contribution is 6.21. The molecule has 0 amide bonds. The molecular formula is C16H26BClF3NO. The number of alkyl halides is 4. The zero-order valence-electron chi connectivity index (χ0n) is 14.0. The van der Waals surface area contributed by atoms with Crippen LogP contribution in [0.25, 0.3) is 0 Å². The summed E-state index contributed by atoms with van der Waals surface area (Å²) < 4.78 is 45.2. The van der Waals surface area contributed by atoms with Crippen LogP contribution in [-0.4, -0.2) is 39.8 Å². The van der Waals surface area contributed by atoms with E-state index >= 15 is 0 Å². The second kappa shape index (κ2) is 6.76. The summed E-state index contributed by atoms with van der Waals surface area (Å²) in [4.78, 5) is 0. The molecule has 0 spiro atoms. The normalized spacial score (nSPS) is 45.9. The van der Waals surface area contributed by atoms with Crippen molar-refractivity contribution >= 4 is 19.4 Å². The summed E-state index contributed by atoms with van der Waals surface area (Å²) in [5, 5.41) is 3.24. The Bertz CT molecular complexity index is 425. The first-order valence-electron chi connectivity index (χ1n) is 8.23. The molecule has 0 aromatic heterocycles. The van der Waals surface area contributed by atoms with Crippen molar-refractivity contribution in [3.63, 3.8) is 0 Å². The summed E-state index contributed by atoms with van der Waals surface area (Å²) >= 11 is 6.52. The van der Waals surface area contributed by atoms with Gasteiger partial charge in [0.1, 0.15) is 0 Å². The molecule has 2 nitrogen and oxygen atoms in total. The minimum atomic E-state index is -4.18. The first kappa shape index (κ1) is 19.4. The van der Waals surface area contributed by atoms with Crippen LogP contribution in [-0.2, 0) is 4.74 Å². The minimum Gasteiger partial charge on any atom is -0.384 e. The van der Waals surface area contributed by atoms with Crippen LogP contribution in [0.4, 0.5) is 13.2 Å². The molecule has 1 saturated heterocycles. The van der Waals surface area contributed by atoms with Gasteiger partial charge in [0.05, 0.1) is 25.9 Å². The topological polar surface area (TPSA) is 21.3 Å². The summed E-state index contributed by atoms with van der Waals surface area (Å²) in [5.74, 6) is -1.84. The Hall–Kier alpha value is 0.0649. The molecule has 2 radical (unpaired) electrons. The summed E-state index contributed by atoms with van der Waals surface area (Å²) in [6.07, 6.45) is -2.63. The molecule has 132 valence electrons. The number of hydrogen-bond donors (Lipinski definition) is 1. The van der Waals surface area contributed by atoms with Crippen LogP contribution < -0.4 is 5.32 Å². The molecule has 2 rings (SSSR count). The molecule has 2 aliphatic rings. The molecule has 23 heavy (non-hydrogen) atoms. The monoisotopic (exact) mass is 351 g/mol. The van der Waals surface area contributed by atoms with Crippen LogP contribution >= 0.6 is 11.6 Å². The average molecular weight is 352 g/mol. The molecule has 6 unspecified atom stereocenters. The molecule has 1 aliphatic carbocycles. The Balaban J connectivity index is 2.31. The van der Waals surface area contributed by atoms with Crippen molar-refractivity contribution in [3.8, 4) is 0 Å².